The van der Waals surface area contributed by atoms with Crippen LogP contribution in [0.25, 0.3) is 0 Å². The van der Waals surface area contributed by atoms with Gasteiger partial charge in [-0.15, -0.1) is 0 Å². The van der Waals surface area contributed by atoms with Gasteiger partial charge in [-0.3, -0.25) is 0 Å². The van der Waals surface area contributed by atoms with Gasteiger partial charge in [-0.05, 0) is 0 Å². The summed E-state index contributed by atoms with van der Waals surface area (Å²) in [7, 11) is 0. The zero-order valence-corrected chi connectivity index (χ0v) is 5.72. The molecule has 0 bridgehead atoms. The summed E-state index contributed by atoms with van der Waals surface area (Å²) in [6.07, 6.45) is 2.95. The third kappa shape index (κ3) is 1.29. The summed E-state index contributed by atoms with van der Waals surface area (Å²) in [5.41, 5.74) is 0. The van der Waals surface area contributed by atoms with Gasteiger partial charge < -0.3 is 0 Å². The molecular weight excluding hydrogens is 270 g/mol. The number of hydrogen-bond acceptors (Lipinski definition) is 3. The van der Waals surface area contributed by atoms with Crippen LogP contribution >= 0.6 is 0 Å². The number of hydrogen-bond donors (Lipinski definition) is 0. The molecular formula is C3H2IrN3. The van der Waals surface area contributed by atoms with Crippen LogP contribution in [0.2, 0.25) is 0 Å². The molecule has 0 spiro atoms. The van der Waals surface area contributed by atoms with Crippen LogP contribution in [-0.4, -0.2) is 15.0 Å². The van der Waals surface area contributed by atoms with Crippen LogP contribution in [0.3, 0.4) is 0 Å². The van der Waals surface area contributed by atoms with E-state index in [1.165, 1.54) is 12.7 Å². The van der Waals surface area contributed by atoms with Gasteiger partial charge in [0.25, 0.3) is 0 Å². The van der Waals surface area contributed by atoms with E-state index in [0.29, 0.717) is 0 Å². The first-order chi connectivity index (χ1) is 3.39. The number of rotatable bonds is 0. The monoisotopic (exact) mass is 273 g/mol. The molecule has 0 aliphatic rings. The zero-order valence-electron chi connectivity index (χ0n) is 3.33. The second-order valence-corrected chi connectivity index (χ2v) is 1.96. The van der Waals surface area contributed by atoms with Gasteiger partial charge in [0, 0.05) is 0 Å². The van der Waals surface area contributed by atoms with Crippen LogP contribution in [0.15, 0.2) is 12.7 Å². The molecule has 1 rings (SSSR count). The predicted molar refractivity (Wildman–Crippen MR) is 19.5 cm³/mol. The van der Waals surface area contributed by atoms with E-state index < -0.39 is 0 Å². The van der Waals surface area contributed by atoms with Crippen molar-refractivity contribution >= 4 is 4.34 Å². The van der Waals surface area contributed by atoms with Crippen LogP contribution < -0.4 is 4.34 Å². The molecule has 7 heavy (non-hydrogen) atoms. The van der Waals surface area contributed by atoms with Gasteiger partial charge in [0.15, 0.2) is 0 Å². The van der Waals surface area contributed by atoms with Crippen molar-refractivity contribution in [2.45, 2.75) is 0 Å². The summed E-state index contributed by atoms with van der Waals surface area (Å²) < 4.78 is 0.759. The molecule has 0 amide bonds. The van der Waals surface area contributed by atoms with E-state index in [-0.39, 0.29) is 0 Å². The molecule has 1 heterocycles. The first kappa shape index (κ1) is 4.81. The van der Waals surface area contributed by atoms with Crippen molar-refractivity contribution in [1.29, 1.82) is 0 Å². The molecule has 0 saturated carbocycles. The minimum absolute atomic E-state index is 0.759. The Morgan fingerprint density at radius 2 is 1.86 bits per heavy atom. The van der Waals surface area contributed by atoms with Gasteiger partial charge in [-0.2, -0.15) is 0 Å². The molecule has 1 aromatic heterocycles. The Balaban J connectivity index is 3.02. The molecule has 0 aromatic carbocycles. The van der Waals surface area contributed by atoms with Gasteiger partial charge in [-0.25, -0.2) is 0 Å². The Morgan fingerprint density at radius 1 is 1.29 bits per heavy atom. The van der Waals surface area contributed by atoms with Crippen molar-refractivity contribution in [2.75, 3.05) is 0 Å². The summed E-state index contributed by atoms with van der Waals surface area (Å²) in [5, 5.41) is 0. The van der Waals surface area contributed by atoms with Crippen molar-refractivity contribution in [2.24, 2.45) is 0 Å². The van der Waals surface area contributed by atoms with Crippen molar-refractivity contribution in [3.8, 4) is 0 Å². The number of nitrogens with zero attached hydrogens (tertiary/aromatic N) is 3. The predicted octanol–water partition coefficient (Wildman–Crippen LogP) is -0.956. The Morgan fingerprint density at radius 3 is 2.14 bits per heavy atom. The average Bonchev–Trinajstić information content (AvgIpc) is 1.69. The van der Waals surface area contributed by atoms with E-state index in [2.05, 4.69) is 15.0 Å². The van der Waals surface area contributed by atoms with E-state index in [1.54, 1.807) is 0 Å². The maximum absolute atomic E-state index is 3.76. The van der Waals surface area contributed by atoms with Gasteiger partial charge in [0.05, 0.1) is 0 Å². The quantitative estimate of drug-likeness (QED) is 0.611. The zero-order chi connectivity index (χ0) is 5.11. The van der Waals surface area contributed by atoms with Crippen molar-refractivity contribution in [3.63, 3.8) is 0 Å². The second-order valence-electron chi connectivity index (χ2n) is 0.887. The molecule has 0 saturated heterocycles. The van der Waals surface area contributed by atoms with E-state index in [0.717, 1.165) is 4.34 Å². The molecule has 0 aliphatic heterocycles. The first-order valence-corrected chi connectivity index (χ1v) is 2.84. The van der Waals surface area contributed by atoms with E-state index in [4.69, 9.17) is 0 Å². The van der Waals surface area contributed by atoms with Crippen LogP contribution in [-0.2, 0) is 18.9 Å². The molecule has 3 nitrogen and oxygen atoms in total. The molecule has 4 heteroatoms. The van der Waals surface area contributed by atoms with Crippen molar-refractivity contribution < 1.29 is 18.9 Å². The van der Waals surface area contributed by atoms with E-state index in [9.17, 15) is 0 Å². The second kappa shape index (κ2) is 2.09. The Bertz CT molecular complexity index is 140. The summed E-state index contributed by atoms with van der Waals surface area (Å²) in [6.45, 7) is 0. The third-order valence-electron chi connectivity index (χ3n) is 0.450. The molecule has 1 aromatic rings. The van der Waals surface area contributed by atoms with Crippen molar-refractivity contribution in [3.05, 3.63) is 12.7 Å². The molecule has 0 N–H and O–H groups in total. The molecule has 0 fully saturated rings. The molecule has 0 atom stereocenters. The van der Waals surface area contributed by atoms with Crippen LogP contribution in [0.5, 0.6) is 0 Å². The summed E-state index contributed by atoms with van der Waals surface area (Å²) in [6, 6.07) is 0. The molecule has 0 aliphatic carbocycles. The molecule has 38 valence electrons. The van der Waals surface area contributed by atoms with Gasteiger partial charge in [0.1, 0.15) is 0 Å². The van der Waals surface area contributed by atoms with Gasteiger partial charge >= 0.3 is 50.8 Å². The summed E-state index contributed by atoms with van der Waals surface area (Å²) in [4.78, 5) is 11.1. The molecule has 0 radical (unpaired) electrons. The van der Waals surface area contributed by atoms with Gasteiger partial charge in [-0.1, -0.05) is 0 Å². The minimum atomic E-state index is 0.759. The molecule has 0 unspecified atom stereocenters. The van der Waals surface area contributed by atoms with E-state index >= 15 is 0 Å². The summed E-state index contributed by atoms with van der Waals surface area (Å²) in [5.74, 6) is 0. The fourth-order valence-electron chi connectivity index (χ4n) is 0.220. The van der Waals surface area contributed by atoms with Crippen LogP contribution in [0, 0.1) is 0 Å². The first-order valence-electron chi connectivity index (χ1n) is 1.65. The van der Waals surface area contributed by atoms with Crippen molar-refractivity contribution in [1.82, 2.24) is 15.0 Å². The normalized spacial score (nSPS) is 8.86. The Kier molecular flexibility index (Phi) is 1.44. The Hall–Kier alpha value is -0.341. The third-order valence-corrected chi connectivity index (χ3v) is 1.07. The Labute approximate surface area is 51.4 Å². The van der Waals surface area contributed by atoms with Crippen LogP contribution in [0.4, 0.5) is 0 Å². The number of aromatic nitrogens is 3. The van der Waals surface area contributed by atoms with Crippen LogP contribution in [0.1, 0.15) is 0 Å². The summed E-state index contributed by atoms with van der Waals surface area (Å²) >= 11 is 1.82. The SMILES string of the molecule is [Ir][c]1ncncn1. The topological polar surface area (TPSA) is 38.7 Å². The maximum atomic E-state index is 3.76. The van der Waals surface area contributed by atoms with Gasteiger partial charge in [0.2, 0.25) is 0 Å². The standard InChI is InChI=1S/C3H2N3.Ir/c1-4-2-6-3-5-1;/h1-2H;. The van der Waals surface area contributed by atoms with E-state index in [1.807, 2.05) is 18.9 Å². The fraction of sp³-hybridized carbons (Fsp3) is 0. The fourth-order valence-corrected chi connectivity index (χ4v) is 0.497. The average molecular weight is 272 g/mol.